The van der Waals surface area contributed by atoms with E-state index >= 15 is 0 Å². The van der Waals surface area contributed by atoms with Gasteiger partial charge in [0.1, 0.15) is 11.8 Å². The lowest BCUT2D eigenvalue weighted by Crippen LogP contribution is -2.27. The van der Waals surface area contributed by atoms with Crippen molar-refractivity contribution in [2.75, 3.05) is 19.0 Å². The van der Waals surface area contributed by atoms with Crippen LogP contribution in [0, 0.1) is 11.3 Å². The molecule has 0 heterocycles. The number of nitriles is 1. The molecule has 0 saturated heterocycles. The first-order chi connectivity index (χ1) is 9.22. The fourth-order valence-electron chi connectivity index (χ4n) is 1.73. The molecule has 2 rings (SSSR count). The first-order valence-electron chi connectivity index (χ1n) is 6.34. The highest BCUT2D eigenvalue weighted by molar-refractivity contribution is 5.77. The number of methoxy groups -OCH3 is 1. The van der Waals surface area contributed by atoms with E-state index in [1.54, 1.807) is 25.3 Å². The Kier molecular flexibility index (Phi) is 4.24. The van der Waals surface area contributed by atoms with Gasteiger partial charge >= 0.3 is 0 Å². The third-order valence-corrected chi connectivity index (χ3v) is 2.96. The molecule has 19 heavy (non-hydrogen) atoms. The van der Waals surface area contributed by atoms with E-state index in [4.69, 9.17) is 10.00 Å². The predicted octanol–water partition coefficient (Wildman–Crippen LogP) is 1.65. The number of anilines is 1. The van der Waals surface area contributed by atoms with E-state index in [1.807, 2.05) is 0 Å². The molecule has 2 N–H and O–H groups in total. The molecule has 100 valence electrons. The maximum Gasteiger partial charge on any atom is 0.221 e. The van der Waals surface area contributed by atoms with Gasteiger partial charge in [-0.25, -0.2) is 0 Å². The van der Waals surface area contributed by atoms with Gasteiger partial charge in [0, 0.05) is 25.1 Å². The van der Waals surface area contributed by atoms with Crippen molar-refractivity contribution in [3.05, 3.63) is 23.8 Å². The minimum atomic E-state index is 0.0522. The molecule has 0 atom stereocenters. The van der Waals surface area contributed by atoms with E-state index in [-0.39, 0.29) is 5.91 Å². The maximum absolute atomic E-state index is 11.5. The molecule has 5 nitrogen and oxygen atoms in total. The number of amides is 1. The molecule has 1 aromatic carbocycles. The number of rotatable bonds is 6. The van der Waals surface area contributed by atoms with Crippen molar-refractivity contribution < 1.29 is 9.53 Å². The topological polar surface area (TPSA) is 74.1 Å². The highest BCUT2D eigenvalue weighted by atomic mass is 16.5. The first-order valence-corrected chi connectivity index (χ1v) is 6.34. The van der Waals surface area contributed by atoms with Crippen molar-refractivity contribution in [2.45, 2.75) is 25.3 Å². The molecular weight excluding hydrogens is 242 g/mol. The zero-order chi connectivity index (χ0) is 13.7. The van der Waals surface area contributed by atoms with Crippen LogP contribution < -0.4 is 15.4 Å². The Labute approximate surface area is 112 Å². The monoisotopic (exact) mass is 259 g/mol. The summed E-state index contributed by atoms with van der Waals surface area (Å²) in [7, 11) is 1.58. The molecule has 0 radical (unpaired) electrons. The van der Waals surface area contributed by atoms with Gasteiger partial charge in [-0.3, -0.25) is 4.79 Å². The molecule has 0 bridgehead atoms. The summed E-state index contributed by atoms with van der Waals surface area (Å²) in [5.74, 6) is 0.736. The number of benzene rings is 1. The van der Waals surface area contributed by atoms with Gasteiger partial charge in [-0.1, -0.05) is 0 Å². The molecule has 1 aliphatic rings. The molecule has 1 aromatic rings. The Hall–Kier alpha value is -2.22. The van der Waals surface area contributed by atoms with Gasteiger partial charge in [-0.05, 0) is 25.0 Å². The molecule has 1 saturated carbocycles. The van der Waals surface area contributed by atoms with E-state index < -0.39 is 0 Å². The Morgan fingerprint density at radius 2 is 2.32 bits per heavy atom. The number of ether oxygens (including phenoxy) is 1. The van der Waals surface area contributed by atoms with Crippen LogP contribution >= 0.6 is 0 Å². The molecule has 0 aliphatic heterocycles. The van der Waals surface area contributed by atoms with Crippen LogP contribution in [-0.4, -0.2) is 25.6 Å². The molecule has 1 amide bonds. The summed E-state index contributed by atoms with van der Waals surface area (Å²) in [6, 6.07) is 7.70. The third-order valence-electron chi connectivity index (χ3n) is 2.96. The second-order valence-electron chi connectivity index (χ2n) is 4.54. The van der Waals surface area contributed by atoms with Crippen LogP contribution in [0.3, 0.4) is 0 Å². The lowest BCUT2D eigenvalue weighted by molar-refractivity contribution is -0.120. The predicted molar refractivity (Wildman–Crippen MR) is 72.0 cm³/mol. The van der Waals surface area contributed by atoms with Crippen molar-refractivity contribution in [2.24, 2.45) is 0 Å². The van der Waals surface area contributed by atoms with Crippen molar-refractivity contribution >= 4 is 11.6 Å². The van der Waals surface area contributed by atoms with Crippen LogP contribution in [0.4, 0.5) is 5.69 Å². The average molecular weight is 259 g/mol. The highest BCUT2D eigenvalue weighted by Crippen LogP contribution is 2.22. The average Bonchev–Trinajstić information content (AvgIpc) is 3.22. The molecule has 0 unspecified atom stereocenters. The quantitative estimate of drug-likeness (QED) is 0.814. The van der Waals surface area contributed by atoms with E-state index in [2.05, 4.69) is 16.7 Å². The van der Waals surface area contributed by atoms with Crippen LogP contribution in [0.25, 0.3) is 0 Å². The van der Waals surface area contributed by atoms with Gasteiger partial charge in [0.15, 0.2) is 0 Å². The Bertz CT molecular complexity index is 504. The van der Waals surface area contributed by atoms with Gasteiger partial charge in [0.05, 0.1) is 18.4 Å². The number of nitrogens with zero attached hydrogens (tertiary/aromatic N) is 1. The van der Waals surface area contributed by atoms with E-state index in [9.17, 15) is 4.79 Å². The number of nitrogens with one attached hydrogen (secondary N) is 2. The molecule has 1 fully saturated rings. The third kappa shape index (κ3) is 3.88. The number of carbonyl (C=O) groups is 1. The van der Waals surface area contributed by atoms with Crippen LogP contribution in [-0.2, 0) is 4.79 Å². The maximum atomic E-state index is 11.5. The van der Waals surface area contributed by atoms with Crippen LogP contribution in [0.15, 0.2) is 18.2 Å². The molecule has 0 spiro atoms. The minimum Gasteiger partial charge on any atom is -0.497 e. The summed E-state index contributed by atoms with van der Waals surface area (Å²) < 4.78 is 5.11. The number of hydrogen-bond donors (Lipinski definition) is 2. The Morgan fingerprint density at radius 3 is 2.95 bits per heavy atom. The molecule has 5 heteroatoms. The first kappa shape index (κ1) is 13.2. The van der Waals surface area contributed by atoms with Gasteiger partial charge < -0.3 is 15.4 Å². The van der Waals surface area contributed by atoms with Crippen molar-refractivity contribution in [1.29, 1.82) is 5.26 Å². The van der Waals surface area contributed by atoms with Gasteiger partial charge in [-0.15, -0.1) is 0 Å². The zero-order valence-electron chi connectivity index (χ0n) is 10.9. The van der Waals surface area contributed by atoms with E-state index in [0.29, 0.717) is 36.0 Å². The molecule has 0 aromatic heterocycles. The van der Waals surface area contributed by atoms with Crippen molar-refractivity contribution in [3.8, 4) is 11.8 Å². The lowest BCUT2D eigenvalue weighted by atomic mass is 10.2. The summed E-state index contributed by atoms with van der Waals surface area (Å²) in [5, 5.41) is 15.0. The SMILES string of the molecule is COc1ccc(C#N)c(NCCC(=O)NC2CC2)c1. The van der Waals surface area contributed by atoms with E-state index in [0.717, 1.165) is 12.8 Å². The van der Waals surface area contributed by atoms with Crippen LogP contribution in [0.5, 0.6) is 5.75 Å². The summed E-state index contributed by atoms with van der Waals surface area (Å²) in [4.78, 5) is 11.5. The number of carbonyl (C=O) groups excluding carboxylic acids is 1. The van der Waals surface area contributed by atoms with E-state index in [1.165, 1.54) is 0 Å². The second kappa shape index (κ2) is 6.10. The zero-order valence-corrected chi connectivity index (χ0v) is 10.9. The van der Waals surface area contributed by atoms with Gasteiger partial charge in [-0.2, -0.15) is 5.26 Å². The standard InChI is InChI=1S/C14H17N3O2/c1-19-12-5-2-10(9-15)13(8-12)16-7-6-14(18)17-11-3-4-11/h2,5,8,11,16H,3-4,6-7H2,1H3,(H,17,18). The smallest absolute Gasteiger partial charge is 0.221 e. The fourth-order valence-corrected chi connectivity index (χ4v) is 1.73. The van der Waals surface area contributed by atoms with Crippen molar-refractivity contribution in [1.82, 2.24) is 5.32 Å². The summed E-state index contributed by atoms with van der Waals surface area (Å²) in [5.41, 5.74) is 1.24. The summed E-state index contributed by atoms with van der Waals surface area (Å²) >= 11 is 0. The summed E-state index contributed by atoms with van der Waals surface area (Å²) in [6.45, 7) is 0.500. The van der Waals surface area contributed by atoms with Crippen LogP contribution in [0.2, 0.25) is 0 Å². The Morgan fingerprint density at radius 1 is 1.53 bits per heavy atom. The molecular formula is C14H17N3O2. The van der Waals surface area contributed by atoms with Gasteiger partial charge in [0.25, 0.3) is 0 Å². The normalized spacial score (nSPS) is 13.5. The minimum absolute atomic E-state index is 0.0522. The van der Waals surface area contributed by atoms with Crippen molar-refractivity contribution in [3.63, 3.8) is 0 Å². The molecule has 1 aliphatic carbocycles. The van der Waals surface area contributed by atoms with Crippen LogP contribution in [0.1, 0.15) is 24.8 Å². The highest BCUT2D eigenvalue weighted by Gasteiger charge is 2.22. The lowest BCUT2D eigenvalue weighted by Gasteiger charge is -2.10. The Balaban J connectivity index is 1.87. The fraction of sp³-hybridized carbons (Fsp3) is 0.429. The second-order valence-corrected chi connectivity index (χ2v) is 4.54. The largest absolute Gasteiger partial charge is 0.497 e. The summed E-state index contributed by atoms with van der Waals surface area (Å²) in [6.07, 6.45) is 2.58. The van der Waals surface area contributed by atoms with Gasteiger partial charge in [0.2, 0.25) is 5.91 Å². The number of hydrogen-bond acceptors (Lipinski definition) is 4.